The number of hydrogen-bond donors (Lipinski definition) is 2. The normalized spacial score (nSPS) is 12.5. The van der Waals surface area contributed by atoms with Crippen LogP contribution in [-0.4, -0.2) is 49.0 Å². The third-order valence-corrected chi connectivity index (χ3v) is 4.59. The first-order chi connectivity index (χ1) is 9.49. The van der Waals surface area contributed by atoms with Crippen LogP contribution in [0.3, 0.4) is 0 Å². The van der Waals surface area contributed by atoms with E-state index in [1.807, 2.05) is 0 Å². The number of nitro groups is 1. The van der Waals surface area contributed by atoms with Crippen LogP contribution in [0.25, 0.3) is 0 Å². The summed E-state index contributed by atoms with van der Waals surface area (Å²) in [4.78, 5) is 9.94. The SMILES string of the molecule is CNc1ccc(S(=O)(=O)N(C)CC(C)(C)O)c([N+](=O)[O-])c1. The molecule has 118 valence electrons. The van der Waals surface area contributed by atoms with Crippen molar-refractivity contribution in [1.82, 2.24) is 4.31 Å². The predicted molar refractivity (Wildman–Crippen MR) is 78.8 cm³/mol. The van der Waals surface area contributed by atoms with Crippen molar-refractivity contribution in [2.45, 2.75) is 24.3 Å². The topological polar surface area (TPSA) is 113 Å². The summed E-state index contributed by atoms with van der Waals surface area (Å²) in [6, 6.07) is 3.78. The number of sulfonamides is 1. The molecule has 0 saturated heterocycles. The lowest BCUT2D eigenvalue weighted by atomic mass is 10.1. The number of aliphatic hydroxyl groups is 1. The molecule has 21 heavy (non-hydrogen) atoms. The highest BCUT2D eigenvalue weighted by Crippen LogP contribution is 2.29. The Balaban J connectivity index is 3.34. The number of nitrogens with zero attached hydrogens (tertiary/aromatic N) is 2. The number of anilines is 1. The quantitative estimate of drug-likeness (QED) is 0.598. The predicted octanol–water partition coefficient (Wildman–Crippen LogP) is 1.03. The van der Waals surface area contributed by atoms with Gasteiger partial charge in [0.25, 0.3) is 5.69 Å². The van der Waals surface area contributed by atoms with E-state index in [9.17, 15) is 23.6 Å². The molecule has 1 aromatic carbocycles. The van der Waals surface area contributed by atoms with Gasteiger partial charge in [-0.3, -0.25) is 10.1 Å². The molecule has 0 atom stereocenters. The highest BCUT2D eigenvalue weighted by molar-refractivity contribution is 7.89. The van der Waals surface area contributed by atoms with Gasteiger partial charge in [-0.2, -0.15) is 4.31 Å². The molecule has 1 rings (SSSR count). The van der Waals surface area contributed by atoms with Crippen molar-refractivity contribution >= 4 is 21.4 Å². The molecule has 0 aromatic heterocycles. The van der Waals surface area contributed by atoms with E-state index in [-0.39, 0.29) is 6.54 Å². The highest BCUT2D eigenvalue weighted by atomic mass is 32.2. The van der Waals surface area contributed by atoms with Crippen LogP contribution in [0, 0.1) is 10.1 Å². The van der Waals surface area contributed by atoms with Crippen molar-refractivity contribution in [3.8, 4) is 0 Å². The number of benzene rings is 1. The molecular formula is C12H19N3O5S. The zero-order valence-electron chi connectivity index (χ0n) is 12.3. The summed E-state index contributed by atoms with van der Waals surface area (Å²) in [6.45, 7) is 2.73. The van der Waals surface area contributed by atoms with Gasteiger partial charge in [0, 0.05) is 32.4 Å². The van der Waals surface area contributed by atoms with Gasteiger partial charge >= 0.3 is 0 Å². The Kier molecular flexibility index (Phi) is 4.92. The summed E-state index contributed by atoms with van der Waals surface area (Å²) in [5, 5.41) is 23.5. The van der Waals surface area contributed by atoms with E-state index in [1.54, 1.807) is 7.05 Å². The second kappa shape index (κ2) is 5.96. The monoisotopic (exact) mass is 317 g/mol. The standard InChI is InChI=1S/C12H19N3O5S/c1-12(2,16)8-14(4)21(19,20)11-6-5-9(13-3)7-10(11)15(17)18/h5-7,13,16H,8H2,1-4H3. The molecule has 0 aliphatic rings. The molecule has 0 aliphatic carbocycles. The Morgan fingerprint density at radius 2 is 2.00 bits per heavy atom. The van der Waals surface area contributed by atoms with E-state index in [4.69, 9.17) is 0 Å². The first kappa shape index (κ1) is 17.3. The third-order valence-electron chi connectivity index (χ3n) is 2.74. The Hall–Kier alpha value is -1.71. The van der Waals surface area contributed by atoms with E-state index in [0.29, 0.717) is 5.69 Å². The molecule has 0 fully saturated rings. The first-order valence-corrected chi connectivity index (χ1v) is 7.58. The minimum absolute atomic E-state index is 0.180. The summed E-state index contributed by atoms with van der Waals surface area (Å²) in [7, 11) is -1.23. The summed E-state index contributed by atoms with van der Waals surface area (Å²) >= 11 is 0. The van der Waals surface area contributed by atoms with Gasteiger partial charge in [-0.15, -0.1) is 0 Å². The Labute approximate surface area is 123 Å². The van der Waals surface area contributed by atoms with Crippen molar-refractivity contribution in [2.75, 3.05) is 26.0 Å². The van der Waals surface area contributed by atoms with Crippen LogP contribution < -0.4 is 5.32 Å². The maximum Gasteiger partial charge on any atom is 0.291 e. The molecule has 2 N–H and O–H groups in total. The fraction of sp³-hybridized carbons (Fsp3) is 0.500. The van der Waals surface area contributed by atoms with Crippen molar-refractivity contribution in [2.24, 2.45) is 0 Å². The number of likely N-dealkylation sites (N-methyl/N-ethyl adjacent to an activating group) is 1. The molecule has 0 bridgehead atoms. The maximum absolute atomic E-state index is 12.4. The van der Waals surface area contributed by atoms with Gasteiger partial charge in [0.05, 0.1) is 10.5 Å². The van der Waals surface area contributed by atoms with Gasteiger partial charge in [0.2, 0.25) is 10.0 Å². The summed E-state index contributed by atoms with van der Waals surface area (Å²) in [5.41, 5.74) is -1.32. The molecule has 0 unspecified atom stereocenters. The lowest BCUT2D eigenvalue weighted by Gasteiger charge is -2.25. The van der Waals surface area contributed by atoms with E-state index >= 15 is 0 Å². The van der Waals surface area contributed by atoms with Crippen molar-refractivity contribution < 1.29 is 18.4 Å². The molecule has 0 radical (unpaired) electrons. The van der Waals surface area contributed by atoms with Crippen LogP contribution in [-0.2, 0) is 10.0 Å². The molecule has 0 heterocycles. The van der Waals surface area contributed by atoms with Gasteiger partial charge in [-0.25, -0.2) is 8.42 Å². The average Bonchev–Trinajstić information content (AvgIpc) is 2.35. The fourth-order valence-electron chi connectivity index (χ4n) is 1.83. The number of nitro benzene ring substituents is 1. The summed E-state index contributed by atoms with van der Waals surface area (Å²) in [6.07, 6.45) is 0. The van der Waals surface area contributed by atoms with Gasteiger partial charge in [0.1, 0.15) is 0 Å². The van der Waals surface area contributed by atoms with E-state index in [0.717, 1.165) is 10.4 Å². The van der Waals surface area contributed by atoms with Gasteiger partial charge < -0.3 is 10.4 Å². The molecular weight excluding hydrogens is 298 g/mol. The Morgan fingerprint density at radius 3 is 2.43 bits per heavy atom. The van der Waals surface area contributed by atoms with Crippen LogP contribution in [0.1, 0.15) is 13.8 Å². The lowest BCUT2D eigenvalue weighted by Crippen LogP contribution is -2.39. The van der Waals surface area contributed by atoms with E-state index in [2.05, 4.69) is 5.32 Å². The minimum atomic E-state index is -4.07. The molecule has 8 nitrogen and oxygen atoms in total. The third kappa shape index (κ3) is 4.13. The first-order valence-electron chi connectivity index (χ1n) is 6.14. The molecule has 9 heteroatoms. The smallest absolute Gasteiger partial charge is 0.291 e. The van der Waals surface area contributed by atoms with Crippen molar-refractivity contribution in [3.63, 3.8) is 0 Å². The maximum atomic E-state index is 12.4. The molecule has 0 aliphatic heterocycles. The van der Waals surface area contributed by atoms with Gasteiger partial charge in [-0.1, -0.05) is 0 Å². The Bertz CT molecular complexity index is 637. The lowest BCUT2D eigenvalue weighted by molar-refractivity contribution is -0.387. The average molecular weight is 317 g/mol. The van der Waals surface area contributed by atoms with Crippen LogP contribution >= 0.6 is 0 Å². The van der Waals surface area contributed by atoms with Crippen molar-refractivity contribution in [3.05, 3.63) is 28.3 Å². The number of hydrogen-bond acceptors (Lipinski definition) is 6. The van der Waals surface area contributed by atoms with Crippen LogP contribution in [0.2, 0.25) is 0 Å². The van der Waals surface area contributed by atoms with Gasteiger partial charge in [-0.05, 0) is 26.0 Å². The molecule has 0 amide bonds. The molecule has 0 spiro atoms. The minimum Gasteiger partial charge on any atom is -0.389 e. The zero-order chi connectivity index (χ0) is 16.4. The van der Waals surface area contributed by atoms with E-state index in [1.165, 1.54) is 33.0 Å². The second-order valence-corrected chi connectivity index (χ2v) is 7.28. The summed E-state index contributed by atoms with van der Waals surface area (Å²) in [5.74, 6) is 0. The van der Waals surface area contributed by atoms with Crippen molar-refractivity contribution in [1.29, 1.82) is 0 Å². The second-order valence-electron chi connectivity index (χ2n) is 5.26. The Morgan fingerprint density at radius 1 is 1.43 bits per heavy atom. The zero-order valence-corrected chi connectivity index (χ0v) is 13.1. The van der Waals surface area contributed by atoms with Gasteiger partial charge in [0.15, 0.2) is 4.90 Å². The van der Waals surface area contributed by atoms with Crippen LogP contribution in [0.4, 0.5) is 11.4 Å². The largest absolute Gasteiger partial charge is 0.389 e. The van der Waals surface area contributed by atoms with Crippen LogP contribution in [0.15, 0.2) is 23.1 Å². The highest BCUT2D eigenvalue weighted by Gasteiger charge is 2.32. The number of rotatable bonds is 6. The summed E-state index contributed by atoms with van der Waals surface area (Å²) < 4.78 is 25.7. The molecule has 1 aromatic rings. The van der Waals surface area contributed by atoms with E-state index < -0.39 is 31.1 Å². The van der Waals surface area contributed by atoms with Crippen LogP contribution in [0.5, 0.6) is 0 Å². The fourth-order valence-corrected chi connectivity index (χ4v) is 3.29. The number of nitrogens with one attached hydrogen (secondary N) is 1. The molecule has 0 saturated carbocycles.